The predicted octanol–water partition coefficient (Wildman–Crippen LogP) is 2.74. The van der Waals surface area contributed by atoms with Crippen molar-refractivity contribution >= 4 is 17.5 Å². The molecular formula is C11H11NO3S. The van der Waals surface area contributed by atoms with Crippen LogP contribution < -0.4 is 0 Å². The molecule has 0 aliphatic heterocycles. The first kappa shape index (κ1) is 12.4. The molecule has 0 aromatic heterocycles. The van der Waals surface area contributed by atoms with E-state index in [2.05, 4.69) is 0 Å². The molecule has 0 amide bonds. The summed E-state index contributed by atoms with van der Waals surface area (Å²) in [6.45, 7) is 1.84. The van der Waals surface area contributed by atoms with E-state index >= 15 is 0 Å². The Hall–Kier alpha value is -1.62. The average molecular weight is 237 g/mol. The van der Waals surface area contributed by atoms with E-state index in [1.165, 1.54) is 11.8 Å². The van der Waals surface area contributed by atoms with Gasteiger partial charge in [0.25, 0.3) is 6.20 Å². The fraction of sp³-hybridized carbons (Fsp3) is 0.182. The topological polar surface area (TPSA) is 60.2 Å². The number of Topliss-reactive ketones (excluding diaryl/α,β-unsaturated/α-hetero) is 1. The number of benzene rings is 1. The van der Waals surface area contributed by atoms with Gasteiger partial charge < -0.3 is 0 Å². The van der Waals surface area contributed by atoms with Crippen LogP contribution in [-0.4, -0.2) is 16.5 Å². The van der Waals surface area contributed by atoms with Crippen molar-refractivity contribution in [3.05, 3.63) is 57.1 Å². The molecule has 5 heteroatoms. The highest BCUT2D eigenvalue weighted by Gasteiger charge is 2.15. The maximum absolute atomic E-state index is 11.9. The molecule has 1 aromatic rings. The zero-order valence-corrected chi connectivity index (χ0v) is 9.57. The Bertz CT molecular complexity index is 414. The number of rotatable bonds is 5. The van der Waals surface area contributed by atoms with Crippen LogP contribution in [0.25, 0.3) is 0 Å². The Morgan fingerprint density at radius 3 is 2.56 bits per heavy atom. The highest BCUT2D eigenvalue weighted by Crippen LogP contribution is 2.20. The number of ketones is 1. The van der Waals surface area contributed by atoms with E-state index in [1.54, 1.807) is 30.3 Å². The summed E-state index contributed by atoms with van der Waals surface area (Å²) < 4.78 is 0. The van der Waals surface area contributed by atoms with Crippen molar-refractivity contribution in [1.29, 1.82) is 0 Å². The Balaban J connectivity index is 2.97. The monoisotopic (exact) mass is 237 g/mol. The van der Waals surface area contributed by atoms with Crippen molar-refractivity contribution in [3.8, 4) is 0 Å². The van der Waals surface area contributed by atoms with Gasteiger partial charge in [0, 0.05) is 5.56 Å². The summed E-state index contributed by atoms with van der Waals surface area (Å²) in [7, 11) is 0. The average Bonchev–Trinajstić information content (AvgIpc) is 2.28. The number of hydrogen-bond donors (Lipinski definition) is 0. The lowest BCUT2D eigenvalue weighted by molar-refractivity contribution is -0.402. The van der Waals surface area contributed by atoms with E-state index in [0.717, 1.165) is 6.20 Å². The molecule has 1 rings (SSSR count). The van der Waals surface area contributed by atoms with Gasteiger partial charge in [-0.15, -0.1) is 11.8 Å². The number of carbonyl (C=O) groups is 1. The maximum Gasteiger partial charge on any atom is 0.251 e. The van der Waals surface area contributed by atoms with Crippen LogP contribution in [0.4, 0.5) is 0 Å². The Morgan fingerprint density at radius 1 is 1.44 bits per heavy atom. The van der Waals surface area contributed by atoms with Gasteiger partial charge in [-0.1, -0.05) is 37.3 Å². The molecule has 0 heterocycles. The van der Waals surface area contributed by atoms with Gasteiger partial charge in [-0.05, 0) is 5.75 Å². The van der Waals surface area contributed by atoms with Gasteiger partial charge in [0.1, 0.15) is 4.91 Å². The van der Waals surface area contributed by atoms with E-state index < -0.39 is 4.92 Å². The molecular weight excluding hydrogens is 226 g/mol. The zero-order valence-electron chi connectivity index (χ0n) is 8.75. The number of thioether (sulfide) groups is 1. The lowest BCUT2D eigenvalue weighted by atomic mass is 10.1. The van der Waals surface area contributed by atoms with E-state index in [9.17, 15) is 14.9 Å². The van der Waals surface area contributed by atoms with Crippen LogP contribution in [0.1, 0.15) is 17.3 Å². The molecule has 0 spiro atoms. The van der Waals surface area contributed by atoms with Crippen LogP contribution in [0, 0.1) is 10.1 Å². The Labute approximate surface area is 97.5 Å². The number of carbonyl (C=O) groups excluding carboxylic acids is 1. The minimum atomic E-state index is -0.598. The Morgan fingerprint density at radius 2 is 2.06 bits per heavy atom. The molecule has 16 heavy (non-hydrogen) atoms. The molecule has 1 aromatic carbocycles. The van der Waals surface area contributed by atoms with E-state index in [0.29, 0.717) is 11.3 Å². The summed E-state index contributed by atoms with van der Waals surface area (Å²) in [4.78, 5) is 21.8. The summed E-state index contributed by atoms with van der Waals surface area (Å²) in [5.41, 5.74) is 0.469. The van der Waals surface area contributed by atoms with Crippen molar-refractivity contribution < 1.29 is 9.72 Å². The number of nitrogens with zero attached hydrogens (tertiary/aromatic N) is 1. The summed E-state index contributed by atoms with van der Waals surface area (Å²) in [6.07, 6.45) is 0.767. The third-order valence-electron chi connectivity index (χ3n) is 1.78. The van der Waals surface area contributed by atoms with Crippen molar-refractivity contribution in [2.75, 3.05) is 5.75 Å². The number of nitro groups is 1. The van der Waals surface area contributed by atoms with Crippen molar-refractivity contribution in [2.24, 2.45) is 0 Å². The SMILES string of the molecule is CCSC(=C[N+](=O)[O-])C(=O)c1ccccc1. The smallest absolute Gasteiger partial charge is 0.251 e. The van der Waals surface area contributed by atoms with Gasteiger partial charge in [-0.3, -0.25) is 14.9 Å². The summed E-state index contributed by atoms with van der Waals surface area (Å²) in [5.74, 6) is 0.322. The predicted molar refractivity (Wildman–Crippen MR) is 64.0 cm³/mol. The normalized spacial score (nSPS) is 11.2. The van der Waals surface area contributed by atoms with E-state index in [1.807, 2.05) is 6.92 Å². The second-order valence-electron chi connectivity index (χ2n) is 2.91. The molecule has 84 valence electrons. The molecule has 0 radical (unpaired) electrons. The molecule has 0 aliphatic rings. The van der Waals surface area contributed by atoms with Crippen LogP contribution in [0.2, 0.25) is 0 Å². The molecule has 0 bridgehead atoms. The first-order valence-corrected chi connectivity index (χ1v) is 5.71. The third-order valence-corrected chi connectivity index (χ3v) is 2.67. The first-order valence-electron chi connectivity index (χ1n) is 4.73. The second kappa shape index (κ2) is 6.07. The minimum absolute atomic E-state index is 0.165. The second-order valence-corrected chi connectivity index (χ2v) is 4.21. The van der Waals surface area contributed by atoms with Crippen LogP contribution in [0.3, 0.4) is 0 Å². The maximum atomic E-state index is 11.9. The van der Waals surface area contributed by atoms with Crippen LogP contribution in [-0.2, 0) is 0 Å². The lowest BCUT2D eigenvalue weighted by Gasteiger charge is -2.01. The van der Waals surface area contributed by atoms with Crippen LogP contribution in [0.15, 0.2) is 41.4 Å². The number of allylic oxidation sites excluding steroid dienone is 1. The minimum Gasteiger partial charge on any atom is -0.288 e. The summed E-state index contributed by atoms with van der Waals surface area (Å²) >= 11 is 1.18. The van der Waals surface area contributed by atoms with Gasteiger partial charge in [0.15, 0.2) is 0 Å². The van der Waals surface area contributed by atoms with Crippen molar-refractivity contribution in [3.63, 3.8) is 0 Å². The third kappa shape index (κ3) is 3.51. The van der Waals surface area contributed by atoms with Crippen LogP contribution >= 0.6 is 11.8 Å². The zero-order chi connectivity index (χ0) is 12.0. The molecule has 4 nitrogen and oxygen atoms in total. The highest BCUT2D eigenvalue weighted by atomic mass is 32.2. The fourth-order valence-electron chi connectivity index (χ4n) is 1.14. The van der Waals surface area contributed by atoms with E-state index in [-0.39, 0.29) is 10.7 Å². The van der Waals surface area contributed by atoms with Gasteiger partial charge in [0.05, 0.1) is 4.92 Å². The first-order chi connectivity index (χ1) is 7.65. The van der Waals surface area contributed by atoms with Gasteiger partial charge in [-0.2, -0.15) is 0 Å². The van der Waals surface area contributed by atoms with Crippen molar-refractivity contribution in [1.82, 2.24) is 0 Å². The Kier molecular flexibility index (Phi) is 4.72. The molecule has 0 N–H and O–H groups in total. The molecule has 0 atom stereocenters. The standard InChI is InChI=1S/C11H11NO3S/c1-2-16-10(8-12(14)15)11(13)9-6-4-3-5-7-9/h3-8H,2H2,1H3. The quantitative estimate of drug-likeness (QED) is 0.342. The summed E-state index contributed by atoms with van der Waals surface area (Å²) in [5, 5.41) is 10.4. The highest BCUT2D eigenvalue weighted by molar-refractivity contribution is 8.04. The lowest BCUT2D eigenvalue weighted by Crippen LogP contribution is -2.03. The molecule has 0 fully saturated rings. The fourth-order valence-corrected chi connectivity index (χ4v) is 1.87. The van der Waals surface area contributed by atoms with Crippen molar-refractivity contribution in [2.45, 2.75) is 6.92 Å². The van der Waals surface area contributed by atoms with E-state index in [4.69, 9.17) is 0 Å². The molecule has 0 saturated carbocycles. The van der Waals surface area contributed by atoms with Gasteiger partial charge >= 0.3 is 0 Å². The van der Waals surface area contributed by atoms with Gasteiger partial charge in [0.2, 0.25) is 5.78 Å². The molecule has 0 unspecified atom stereocenters. The molecule has 0 saturated heterocycles. The van der Waals surface area contributed by atoms with Crippen LogP contribution in [0.5, 0.6) is 0 Å². The largest absolute Gasteiger partial charge is 0.288 e. The number of hydrogen-bond acceptors (Lipinski definition) is 4. The summed E-state index contributed by atoms with van der Waals surface area (Å²) in [6, 6.07) is 8.54. The van der Waals surface area contributed by atoms with Gasteiger partial charge in [-0.25, -0.2) is 0 Å². The molecule has 0 aliphatic carbocycles.